The summed E-state index contributed by atoms with van der Waals surface area (Å²) in [6.07, 6.45) is 1.69. The molecule has 96 valence electrons. The van der Waals surface area contributed by atoms with Crippen LogP contribution in [0.3, 0.4) is 0 Å². The van der Waals surface area contributed by atoms with Crippen LogP contribution < -0.4 is 4.72 Å². The molecule has 0 aliphatic heterocycles. The van der Waals surface area contributed by atoms with Crippen LogP contribution in [0.1, 0.15) is 26.7 Å². The Morgan fingerprint density at radius 3 is 2.50 bits per heavy atom. The van der Waals surface area contributed by atoms with E-state index in [9.17, 15) is 13.2 Å². The molecule has 0 aliphatic carbocycles. The fourth-order valence-electron chi connectivity index (χ4n) is 0.929. The van der Waals surface area contributed by atoms with Gasteiger partial charge in [0.25, 0.3) is 10.2 Å². The molecular formula is C9H20N2O4S. The molecule has 6 nitrogen and oxygen atoms in total. The van der Waals surface area contributed by atoms with Crippen molar-refractivity contribution in [1.29, 1.82) is 0 Å². The average molecular weight is 252 g/mol. The number of hydrogen-bond donors (Lipinski definition) is 2. The molecule has 7 heteroatoms. The van der Waals surface area contributed by atoms with Crippen molar-refractivity contribution in [2.75, 3.05) is 20.1 Å². The van der Waals surface area contributed by atoms with Gasteiger partial charge in [-0.2, -0.15) is 12.7 Å². The maximum absolute atomic E-state index is 11.6. The fraction of sp³-hybridized carbons (Fsp3) is 0.889. The number of carboxylic acid groups (broad SMARTS) is 1. The lowest BCUT2D eigenvalue weighted by molar-refractivity contribution is -0.140. The molecule has 0 aromatic heterocycles. The van der Waals surface area contributed by atoms with Gasteiger partial charge in [0.2, 0.25) is 0 Å². The van der Waals surface area contributed by atoms with E-state index in [1.54, 1.807) is 0 Å². The van der Waals surface area contributed by atoms with Gasteiger partial charge < -0.3 is 5.11 Å². The van der Waals surface area contributed by atoms with Crippen molar-refractivity contribution in [1.82, 2.24) is 9.03 Å². The Hall–Kier alpha value is -0.660. The maximum Gasteiger partial charge on any atom is 0.307 e. The van der Waals surface area contributed by atoms with E-state index in [4.69, 9.17) is 5.11 Å². The second-order valence-corrected chi connectivity index (χ2v) is 5.63. The summed E-state index contributed by atoms with van der Waals surface area (Å²) in [5, 5.41) is 8.61. The topological polar surface area (TPSA) is 86.7 Å². The van der Waals surface area contributed by atoms with Crippen LogP contribution in [0.2, 0.25) is 0 Å². The van der Waals surface area contributed by atoms with Crippen LogP contribution in [0.15, 0.2) is 0 Å². The van der Waals surface area contributed by atoms with E-state index < -0.39 is 22.1 Å². The Morgan fingerprint density at radius 1 is 1.50 bits per heavy atom. The highest BCUT2D eigenvalue weighted by Gasteiger charge is 2.19. The first-order chi connectivity index (χ1) is 7.31. The fourth-order valence-corrected chi connectivity index (χ4v) is 1.98. The lowest BCUT2D eigenvalue weighted by atomic mass is 10.2. The zero-order chi connectivity index (χ0) is 12.8. The number of unbranched alkanes of at least 4 members (excludes halogenated alkanes) is 1. The molecule has 0 fully saturated rings. The van der Waals surface area contributed by atoms with Gasteiger partial charge in [-0.25, -0.2) is 4.72 Å². The minimum Gasteiger partial charge on any atom is -0.481 e. The van der Waals surface area contributed by atoms with Crippen LogP contribution in [0.4, 0.5) is 0 Å². The van der Waals surface area contributed by atoms with Crippen molar-refractivity contribution < 1.29 is 18.3 Å². The highest BCUT2D eigenvalue weighted by atomic mass is 32.2. The molecule has 0 radical (unpaired) electrons. The summed E-state index contributed by atoms with van der Waals surface area (Å²) in [7, 11) is -2.07. The molecule has 0 saturated heterocycles. The zero-order valence-corrected chi connectivity index (χ0v) is 10.7. The number of rotatable bonds is 8. The van der Waals surface area contributed by atoms with E-state index in [1.165, 1.54) is 18.3 Å². The number of nitrogens with one attached hydrogen (secondary N) is 1. The predicted molar refractivity (Wildman–Crippen MR) is 61.3 cm³/mol. The Bertz CT molecular complexity index is 315. The van der Waals surface area contributed by atoms with Gasteiger partial charge in [0, 0.05) is 20.1 Å². The van der Waals surface area contributed by atoms with Crippen LogP contribution in [0.25, 0.3) is 0 Å². The van der Waals surface area contributed by atoms with Crippen molar-refractivity contribution in [3.63, 3.8) is 0 Å². The molecule has 0 rings (SSSR count). The van der Waals surface area contributed by atoms with Gasteiger partial charge in [-0.15, -0.1) is 0 Å². The zero-order valence-electron chi connectivity index (χ0n) is 9.93. The molecule has 16 heavy (non-hydrogen) atoms. The number of aliphatic carboxylic acids is 1. The predicted octanol–water partition coefficient (Wildman–Crippen LogP) is 0.273. The van der Waals surface area contributed by atoms with Gasteiger partial charge >= 0.3 is 5.97 Å². The normalized spacial score (nSPS) is 14.0. The van der Waals surface area contributed by atoms with E-state index in [0.717, 1.165) is 12.8 Å². The Balaban J connectivity index is 4.19. The van der Waals surface area contributed by atoms with Crippen LogP contribution in [-0.4, -0.2) is 43.9 Å². The average Bonchev–Trinajstić information content (AvgIpc) is 2.22. The first-order valence-electron chi connectivity index (χ1n) is 5.25. The van der Waals surface area contributed by atoms with E-state index >= 15 is 0 Å². The molecule has 0 aromatic rings. The summed E-state index contributed by atoms with van der Waals surface area (Å²) < 4.78 is 26.6. The smallest absolute Gasteiger partial charge is 0.307 e. The molecule has 0 aromatic carbocycles. The SMILES string of the molecule is CCCCN(C)S(=O)(=O)NCC(C)C(=O)O. The minimum absolute atomic E-state index is 0.0892. The molecule has 2 N–H and O–H groups in total. The van der Waals surface area contributed by atoms with Crippen molar-refractivity contribution in [2.45, 2.75) is 26.7 Å². The standard InChI is InChI=1S/C9H20N2O4S/c1-4-5-6-11(3)16(14,15)10-7-8(2)9(12)13/h8,10H,4-7H2,1-3H3,(H,12,13). The van der Waals surface area contributed by atoms with Crippen LogP contribution >= 0.6 is 0 Å². The molecule has 0 bridgehead atoms. The lowest BCUT2D eigenvalue weighted by Gasteiger charge is -2.18. The number of carbonyl (C=O) groups is 1. The Labute approximate surface area is 96.8 Å². The second kappa shape index (κ2) is 6.82. The summed E-state index contributed by atoms with van der Waals surface area (Å²) in [5.41, 5.74) is 0. The summed E-state index contributed by atoms with van der Waals surface area (Å²) in [5.74, 6) is -1.74. The van der Waals surface area contributed by atoms with E-state index in [0.29, 0.717) is 6.54 Å². The molecule has 1 atom stereocenters. The molecule has 0 spiro atoms. The third kappa shape index (κ3) is 5.43. The van der Waals surface area contributed by atoms with Gasteiger partial charge in [0.15, 0.2) is 0 Å². The third-order valence-corrected chi connectivity index (χ3v) is 3.77. The quantitative estimate of drug-likeness (QED) is 0.649. The van der Waals surface area contributed by atoms with E-state index in [2.05, 4.69) is 4.72 Å². The Morgan fingerprint density at radius 2 is 2.06 bits per heavy atom. The van der Waals surface area contributed by atoms with Crippen molar-refractivity contribution >= 4 is 16.2 Å². The summed E-state index contributed by atoms with van der Waals surface area (Å²) in [4.78, 5) is 10.5. The number of hydrogen-bond acceptors (Lipinski definition) is 3. The van der Waals surface area contributed by atoms with E-state index in [1.807, 2.05) is 6.92 Å². The van der Waals surface area contributed by atoms with Crippen molar-refractivity contribution in [2.24, 2.45) is 5.92 Å². The molecule has 0 heterocycles. The van der Waals surface area contributed by atoms with Gasteiger partial charge in [-0.05, 0) is 6.42 Å². The highest BCUT2D eigenvalue weighted by molar-refractivity contribution is 7.87. The molecule has 0 saturated carbocycles. The highest BCUT2D eigenvalue weighted by Crippen LogP contribution is 2.00. The lowest BCUT2D eigenvalue weighted by Crippen LogP contribution is -2.41. The van der Waals surface area contributed by atoms with Gasteiger partial charge in [0.05, 0.1) is 5.92 Å². The monoisotopic (exact) mass is 252 g/mol. The van der Waals surface area contributed by atoms with Gasteiger partial charge in [-0.1, -0.05) is 20.3 Å². The first kappa shape index (κ1) is 15.3. The third-order valence-electron chi connectivity index (χ3n) is 2.23. The summed E-state index contributed by atoms with van der Waals surface area (Å²) >= 11 is 0. The maximum atomic E-state index is 11.6. The number of nitrogens with zero attached hydrogens (tertiary/aromatic N) is 1. The number of carboxylic acids is 1. The summed E-state index contributed by atoms with van der Waals surface area (Å²) in [6, 6.07) is 0. The van der Waals surface area contributed by atoms with Crippen molar-refractivity contribution in [3.05, 3.63) is 0 Å². The van der Waals surface area contributed by atoms with Crippen molar-refractivity contribution in [3.8, 4) is 0 Å². The van der Waals surface area contributed by atoms with Crippen LogP contribution in [-0.2, 0) is 15.0 Å². The van der Waals surface area contributed by atoms with Gasteiger partial charge in [0.1, 0.15) is 0 Å². The largest absolute Gasteiger partial charge is 0.481 e. The molecule has 0 amide bonds. The molecule has 1 unspecified atom stereocenters. The van der Waals surface area contributed by atoms with Gasteiger partial charge in [-0.3, -0.25) is 4.79 Å². The molecule has 0 aliphatic rings. The Kier molecular flexibility index (Phi) is 6.54. The van der Waals surface area contributed by atoms with Crippen LogP contribution in [0, 0.1) is 5.92 Å². The first-order valence-corrected chi connectivity index (χ1v) is 6.69. The van der Waals surface area contributed by atoms with Crippen LogP contribution in [0.5, 0.6) is 0 Å². The van der Waals surface area contributed by atoms with E-state index in [-0.39, 0.29) is 6.54 Å². The second-order valence-electron chi connectivity index (χ2n) is 3.77. The summed E-state index contributed by atoms with van der Waals surface area (Å²) in [6.45, 7) is 3.78. The molecular weight excluding hydrogens is 232 g/mol. The minimum atomic E-state index is -3.54.